The molecule has 0 atom stereocenters. The Balaban J connectivity index is 1.99. The second kappa shape index (κ2) is 5.09. The van der Waals surface area contributed by atoms with Gasteiger partial charge in [-0.1, -0.05) is 0 Å². The van der Waals surface area contributed by atoms with Gasteiger partial charge in [-0.15, -0.1) is 22.7 Å². The van der Waals surface area contributed by atoms with Gasteiger partial charge in [0, 0.05) is 23.4 Å². The van der Waals surface area contributed by atoms with Gasteiger partial charge in [-0.25, -0.2) is 4.98 Å². The largest absolute Gasteiger partial charge is 0.357 e. The number of thiophene rings is 1. The van der Waals surface area contributed by atoms with Crippen LogP contribution in [0.3, 0.4) is 0 Å². The molecule has 2 aromatic heterocycles. The molecule has 0 radical (unpaired) electrons. The molecule has 0 aromatic carbocycles. The van der Waals surface area contributed by atoms with Crippen molar-refractivity contribution in [1.29, 1.82) is 0 Å². The van der Waals surface area contributed by atoms with Gasteiger partial charge in [0.2, 0.25) is 5.91 Å². The van der Waals surface area contributed by atoms with Crippen molar-refractivity contribution in [3.05, 3.63) is 27.9 Å². The van der Waals surface area contributed by atoms with Gasteiger partial charge in [0.05, 0.1) is 12.2 Å². The lowest BCUT2D eigenvalue weighted by molar-refractivity contribution is -0.114. The van der Waals surface area contributed by atoms with Gasteiger partial charge in [-0.3, -0.25) is 4.79 Å². The molecule has 0 aliphatic heterocycles. The second-order valence-electron chi connectivity index (χ2n) is 3.13. The van der Waals surface area contributed by atoms with E-state index in [1.807, 2.05) is 16.8 Å². The summed E-state index contributed by atoms with van der Waals surface area (Å²) in [6, 6.07) is 1.91. The SMILES string of the molecule is CC(=O)Nc1ccsc1CNc1nccs1. The summed E-state index contributed by atoms with van der Waals surface area (Å²) < 4.78 is 0. The van der Waals surface area contributed by atoms with Crippen molar-refractivity contribution in [3.63, 3.8) is 0 Å². The van der Waals surface area contributed by atoms with Gasteiger partial charge in [-0.05, 0) is 11.4 Å². The summed E-state index contributed by atoms with van der Waals surface area (Å²) in [6.45, 7) is 2.19. The third-order valence-corrected chi connectivity index (χ3v) is 3.54. The fraction of sp³-hybridized carbons (Fsp3) is 0.200. The molecule has 0 spiro atoms. The Bertz CT molecular complexity index is 464. The zero-order valence-electron chi connectivity index (χ0n) is 8.69. The van der Waals surface area contributed by atoms with Gasteiger partial charge in [-0.2, -0.15) is 0 Å². The Morgan fingerprint density at radius 3 is 3.00 bits per heavy atom. The van der Waals surface area contributed by atoms with Crippen LogP contribution in [0.1, 0.15) is 11.8 Å². The number of carbonyl (C=O) groups is 1. The van der Waals surface area contributed by atoms with Gasteiger partial charge in [0.25, 0.3) is 0 Å². The first-order valence-electron chi connectivity index (χ1n) is 4.73. The van der Waals surface area contributed by atoms with Crippen LogP contribution in [-0.4, -0.2) is 10.9 Å². The number of hydrogen-bond acceptors (Lipinski definition) is 5. The molecule has 2 rings (SSSR count). The molecule has 16 heavy (non-hydrogen) atoms. The highest BCUT2D eigenvalue weighted by Crippen LogP contribution is 2.23. The highest BCUT2D eigenvalue weighted by Gasteiger charge is 2.05. The van der Waals surface area contributed by atoms with Crippen LogP contribution in [-0.2, 0) is 11.3 Å². The molecule has 1 amide bonds. The minimum atomic E-state index is -0.0473. The van der Waals surface area contributed by atoms with E-state index < -0.39 is 0 Å². The molecule has 0 saturated carbocycles. The standard InChI is InChI=1S/C10H11N3OS2/c1-7(14)13-8-2-4-15-9(8)6-12-10-11-3-5-16-10/h2-5H,6H2,1H3,(H,11,12)(H,13,14). The summed E-state index contributed by atoms with van der Waals surface area (Å²) in [5.41, 5.74) is 0.876. The number of amides is 1. The van der Waals surface area contributed by atoms with E-state index in [4.69, 9.17) is 0 Å². The Hall–Kier alpha value is -1.40. The second-order valence-corrected chi connectivity index (χ2v) is 5.02. The van der Waals surface area contributed by atoms with Crippen molar-refractivity contribution in [1.82, 2.24) is 4.98 Å². The van der Waals surface area contributed by atoms with E-state index >= 15 is 0 Å². The molecule has 2 N–H and O–H groups in total. The highest BCUT2D eigenvalue weighted by molar-refractivity contribution is 7.13. The lowest BCUT2D eigenvalue weighted by atomic mass is 10.4. The average Bonchev–Trinajstić information content (AvgIpc) is 2.84. The molecule has 0 fully saturated rings. The fourth-order valence-electron chi connectivity index (χ4n) is 1.25. The first kappa shape index (κ1) is 11.1. The Morgan fingerprint density at radius 2 is 2.31 bits per heavy atom. The molecule has 0 aliphatic rings. The number of carbonyl (C=O) groups excluding carboxylic acids is 1. The maximum absolute atomic E-state index is 11.0. The zero-order valence-corrected chi connectivity index (χ0v) is 10.3. The fourth-order valence-corrected chi connectivity index (χ4v) is 2.54. The molecular weight excluding hydrogens is 242 g/mol. The van der Waals surface area contributed by atoms with E-state index in [1.54, 1.807) is 28.9 Å². The summed E-state index contributed by atoms with van der Waals surface area (Å²) in [7, 11) is 0. The van der Waals surface area contributed by atoms with Gasteiger partial charge >= 0.3 is 0 Å². The summed E-state index contributed by atoms with van der Waals surface area (Å²) in [4.78, 5) is 16.2. The van der Waals surface area contributed by atoms with Crippen molar-refractivity contribution < 1.29 is 4.79 Å². The lowest BCUT2D eigenvalue weighted by Gasteiger charge is -2.04. The van der Waals surface area contributed by atoms with Crippen LogP contribution in [0.25, 0.3) is 0 Å². The maximum Gasteiger partial charge on any atom is 0.221 e. The molecule has 4 nitrogen and oxygen atoms in total. The number of aromatic nitrogens is 1. The van der Waals surface area contributed by atoms with E-state index in [2.05, 4.69) is 15.6 Å². The van der Waals surface area contributed by atoms with Crippen molar-refractivity contribution in [3.8, 4) is 0 Å². The molecule has 0 saturated heterocycles. The van der Waals surface area contributed by atoms with Crippen molar-refractivity contribution in [2.24, 2.45) is 0 Å². The molecule has 6 heteroatoms. The number of nitrogens with zero attached hydrogens (tertiary/aromatic N) is 1. The summed E-state index contributed by atoms with van der Waals surface area (Å²) in [5.74, 6) is -0.0473. The lowest BCUT2D eigenvalue weighted by Crippen LogP contribution is -2.08. The number of thiazole rings is 1. The molecule has 0 aliphatic carbocycles. The molecule has 0 unspecified atom stereocenters. The van der Waals surface area contributed by atoms with Crippen LogP contribution >= 0.6 is 22.7 Å². The Morgan fingerprint density at radius 1 is 1.44 bits per heavy atom. The normalized spacial score (nSPS) is 10.1. The van der Waals surface area contributed by atoms with Crippen LogP contribution < -0.4 is 10.6 Å². The third kappa shape index (κ3) is 2.80. The summed E-state index contributed by atoms with van der Waals surface area (Å²) >= 11 is 3.17. The first-order valence-corrected chi connectivity index (χ1v) is 6.49. The van der Waals surface area contributed by atoms with Crippen LogP contribution in [0.5, 0.6) is 0 Å². The van der Waals surface area contributed by atoms with E-state index in [1.165, 1.54) is 6.92 Å². The highest BCUT2D eigenvalue weighted by atomic mass is 32.1. The van der Waals surface area contributed by atoms with E-state index in [9.17, 15) is 4.79 Å². The first-order chi connectivity index (χ1) is 7.75. The van der Waals surface area contributed by atoms with Gasteiger partial charge in [0.15, 0.2) is 5.13 Å². The summed E-state index contributed by atoms with van der Waals surface area (Å²) in [5, 5.41) is 10.8. The van der Waals surface area contributed by atoms with E-state index in [-0.39, 0.29) is 5.91 Å². The Kier molecular flexibility index (Phi) is 3.53. The van der Waals surface area contributed by atoms with Gasteiger partial charge < -0.3 is 10.6 Å². The average molecular weight is 253 g/mol. The topological polar surface area (TPSA) is 54.0 Å². The Labute approximate surface area is 101 Å². The number of hydrogen-bond donors (Lipinski definition) is 2. The number of anilines is 2. The molecule has 2 heterocycles. The smallest absolute Gasteiger partial charge is 0.221 e. The predicted octanol–water partition coefficient (Wildman–Crippen LogP) is 2.78. The maximum atomic E-state index is 11.0. The quantitative estimate of drug-likeness (QED) is 0.881. The monoisotopic (exact) mass is 253 g/mol. The van der Waals surface area contributed by atoms with E-state index in [0.717, 1.165) is 15.7 Å². The minimum absolute atomic E-state index is 0.0473. The number of rotatable bonds is 4. The van der Waals surface area contributed by atoms with Crippen LogP contribution in [0.4, 0.5) is 10.8 Å². The predicted molar refractivity (Wildman–Crippen MR) is 68.1 cm³/mol. The van der Waals surface area contributed by atoms with Crippen LogP contribution in [0.2, 0.25) is 0 Å². The minimum Gasteiger partial charge on any atom is -0.357 e. The van der Waals surface area contributed by atoms with Crippen molar-refractivity contribution in [2.45, 2.75) is 13.5 Å². The molecule has 84 valence electrons. The number of nitrogens with one attached hydrogen (secondary N) is 2. The van der Waals surface area contributed by atoms with Crippen molar-refractivity contribution in [2.75, 3.05) is 10.6 Å². The molecule has 2 aromatic rings. The summed E-state index contributed by atoms with van der Waals surface area (Å²) in [6.07, 6.45) is 1.76. The zero-order chi connectivity index (χ0) is 11.4. The third-order valence-electron chi connectivity index (χ3n) is 1.89. The molecular formula is C10H11N3OS2. The van der Waals surface area contributed by atoms with Gasteiger partial charge in [0.1, 0.15) is 0 Å². The van der Waals surface area contributed by atoms with Crippen molar-refractivity contribution >= 4 is 39.4 Å². The van der Waals surface area contributed by atoms with Crippen LogP contribution in [0, 0.1) is 0 Å². The van der Waals surface area contributed by atoms with Crippen LogP contribution in [0.15, 0.2) is 23.0 Å². The van der Waals surface area contributed by atoms with E-state index in [0.29, 0.717) is 6.54 Å². The molecule has 0 bridgehead atoms.